The van der Waals surface area contributed by atoms with Crippen molar-refractivity contribution >= 4 is 52.9 Å². The zero-order valence-corrected chi connectivity index (χ0v) is 16.3. The molecule has 0 unspecified atom stereocenters. The van der Waals surface area contributed by atoms with Crippen molar-refractivity contribution in [3.63, 3.8) is 0 Å². The number of fused-ring (bicyclic) bond motifs is 5. The Morgan fingerprint density at radius 1 is 1.00 bits per heavy atom. The highest BCUT2D eigenvalue weighted by molar-refractivity contribution is 7.31. The van der Waals surface area contributed by atoms with Gasteiger partial charge in [0.05, 0.1) is 14.1 Å². The fraction of sp³-hybridized carbons (Fsp3) is 0.350. The van der Waals surface area contributed by atoms with E-state index in [9.17, 15) is 5.11 Å². The summed E-state index contributed by atoms with van der Waals surface area (Å²) in [7, 11) is 0. The smallest absolute Gasteiger partial charge is 0.229 e. The summed E-state index contributed by atoms with van der Waals surface area (Å²) in [5.74, 6) is 0.146. The second-order valence-corrected chi connectivity index (χ2v) is 9.90. The summed E-state index contributed by atoms with van der Waals surface area (Å²) in [6, 6.07) is 4.46. The van der Waals surface area contributed by atoms with Crippen molar-refractivity contribution in [2.45, 2.75) is 41.0 Å². The van der Waals surface area contributed by atoms with Gasteiger partial charge in [-0.25, -0.2) is 4.98 Å². The second-order valence-electron chi connectivity index (χ2n) is 7.78. The lowest BCUT2D eigenvalue weighted by Gasteiger charge is -2.17. The van der Waals surface area contributed by atoms with E-state index >= 15 is 0 Å². The molecule has 4 rings (SSSR count). The number of benzene rings is 1. The van der Waals surface area contributed by atoms with Gasteiger partial charge in [-0.1, -0.05) is 32.9 Å². The van der Waals surface area contributed by atoms with Gasteiger partial charge in [0.25, 0.3) is 0 Å². The molecule has 1 aromatic carbocycles. The van der Waals surface area contributed by atoms with E-state index in [4.69, 9.17) is 0 Å². The molecule has 0 aliphatic heterocycles. The topological polar surface area (TPSA) is 33.1 Å². The molecule has 0 bridgehead atoms. The van der Waals surface area contributed by atoms with E-state index in [0.717, 1.165) is 22.1 Å². The molecule has 24 heavy (non-hydrogen) atoms. The van der Waals surface area contributed by atoms with E-state index in [-0.39, 0.29) is 11.3 Å². The van der Waals surface area contributed by atoms with Gasteiger partial charge in [-0.3, -0.25) is 0 Å². The van der Waals surface area contributed by atoms with E-state index < -0.39 is 0 Å². The van der Waals surface area contributed by atoms with E-state index in [1.54, 1.807) is 17.5 Å². The normalized spacial score (nSPS) is 12.7. The van der Waals surface area contributed by atoms with Gasteiger partial charge >= 0.3 is 0 Å². The van der Waals surface area contributed by atoms with Crippen molar-refractivity contribution in [1.82, 2.24) is 4.98 Å². The van der Waals surface area contributed by atoms with Crippen LogP contribution in [0.5, 0.6) is 5.88 Å². The fourth-order valence-corrected chi connectivity index (χ4v) is 6.37. The number of aromatic nitrogens is 1. The van der Waals surface area contributed by atoms with Crippen LogP contribution < -0.4 is 0 Å². The molecule has 0 radical (unpaired) electrons. The highest BCUT2D eigenvalue weighted by atomic mass is 32.1. The molecular weight excluding hydrogens is 334 g/mol. The van der Waals surface area contributed by atoms with Crippen LogP contribution in [-0.2, 0) is 6.42 Å². The predicted octanol–water partition coefficient (Wildman–Crippen LogP) is 6.58. The first-order valence-corrected chi connectivity index (χ1v) is 9.81. The van der Waals surface area contributed by atoms with E-state index in [2.05, 4.69) is 51.7 Å². The van der Waals surface area contributed by atoms with Crippen LogP contribution in [-0.4, -0.2) is 10.1 Å². The molecule has 1 N–H and O–H groups in total. The van der Waals surface area contributed by atoms with Crippen LogP contribution >= 0.6 is 22.7 Å². The summed E-state index contributed by atoms with van der Waals surface area (Å²) < 4.78 is 3.53. The number of aryl methyl sites for hydroxylation is 2. The zero-order valence-electron chi connectivity index (χ0n) is 14.7. The minimum Gasteiger partial charge on any atom is -0.492 e. The maximum absolute atomic E-state index is 10.2. The Morgan fingerprint density at radius 2 is 1.67 bits per heavy atom. The minimum atomic E-state index is 0.146. The van der Waals surface area contributed by atoms with Gasteiger partial charge in [0, 0.05) is 21.8 Å². The quantitative estimate of drug-likeness (QED) is 0.418. The van der Waals surface area contributed by atoms with Crippen molar-refractivity contribution in [2.75, 3.05) is 0 Å². The van der Waals surface area contributed by atoms with Crippen LogP contribution in [0.3, 0.4) is 0 Å². The molecule has 3 aromatic heterocycles. The minimum absolute atomic E-state index is 0.146. The van der Waals surface area contributed by atoms with Crippen LogP contribution in [0.25, 0.3) is 30.3 Å². The number of pyridine rings is 1. The van der Waals surface area contributed by atoms with Gasteiger partial charge in [0.1, 0.15) is 0 Å². The SMILES string of the molecule is Cc1c(CC(C)(C)C)sc2c1ccc1c2sc2c(O)ncc(C)c21. The van der Waals surface area contributed by atoms with Gasteiger partial charge < -0.3 is 5.11 Å². The number of aromatic hydroxyl groups is 1. The fourth-order valence-electron chi connectivity index (χ4n) is 3.36. The van der Waals surface area contributed by atoms with Gasteiger partial charge in [0.15, 0.2) is 0 Å². The number of hydrogen-bond acceptors (Lipinski definition) is 4. The summed E-state index contributed by atoms with van der Waals surface area (Å²) in [4.78, 5) is 5.60. The Kier molecular flexibility index (Phi) is 3.42. The van der Waals surface area contributed by atoms with Crippen molar-refractivity contribution in [2.24, 2.45) is 5.41 Å². The average Bonchev–Trinajstić information content (AvgIpc) is 3.02. The highest BCUT2D eigenvalue weighted by Crippen LogP contribution is 2.46. The molecule has 0 saturated heterocycles. The van der Waals surface area contributed by atoms with Gasteiger partial charge in [0.2, 0.25) is 5.88 Å². The van der Waals surface area contributed by atoms with E-state index in [0.29, 0.717) is 0 Å². The number of thiophene rings is 2. The Morgan fingerprint density at radius 3 is 2.38 bits per heavy atom. The Balaban J connectivity index is 2.09. The van der Waals surface area contributed by atoms with Crippen LogP contribution in [0.15, 0.2) is 18.3 Å². The molecule has 0 saturated carbocycles. The molecule has 0 aliphatic carbocycles. The number of rotatable bonds is 1. The summed E-state index contributed by atoms with van der Waals surface area (Å²) in [5.41, 5.74) is 2.81. The molecule has 0 spiro atoms. The van der Waals surface area contributed by atoms with Gasteiger partial charge in [-0.2, -0.15) is 0 Å². The lowest BCUT2D eigenvalue weighted by Crippen LogP contribution is -2.08. The van der Waals surface area contributed by atoms with Crippen LogP contribution in [0.2, 0.25) is 0 Å². The summed E-state index contributed by atoms with van der Waals surface area (Å²) in [5, 5.41) is 13.9. The van der Waals surface area contributed by atoms with E-state index in [1.807, 2.05) is 11.3 Å². The van der Waals surface area contributed by atoms with Crippen molar-refractivity contribution < 1.29 is 5.11 Å². The number of hydrogen-bond donors (Lipinski definition) is 1. The standard InChI is InChI=1S/C20H21NOS2/c1-10-9-21-19(22)18-15(10)13-7-6-12-11(2)14(8-20(3,4)5)23-16(12)17(13)24-18/h6-7,9H,8H2,1-5H3,(H,21,22). The third-order valence-electron chi connectivity index (χ3n) is 4.53. The second kappa shape index (κ2) is 5.17. The molecule has 0 amide bonds. The van der Waals surface area contributed by atoms with Crippen molar-refractivity contribution in [3.05, 3.63) is 34.3 Å². The van der Waals surface area contributed by atoms with Gasteiger partial charge in [-0.15, -0.1) is 22.7 Å². The summed E-state index contributed by atoms with van der Waals surface area (Å²) >= 11 is 3.59. The van der Waals surface area contributed by atoms with Crippen LogP contribution in [0.1, 0.15) is 36.8 Å². The lowest BCUT2D eigenvalue weighted by atomic mass is 9.90. The lowest BCUT2D eigenvalue weighted by molar-refractivity contribution is 0.414. The Labute approximate surface area is 149 Å². The molecule has 4 aromatic rings. The highest BCUT2D eigenvalue weighted by Gasteiger charge is 2.20. The van der Waals surface area contributed by atoms with Crippen LogP contribution in [0, 0.1) is 19.3 Å². The molecular formula is C20H21NOS2. The molecule has 3 heterocycles. The van der Waals surface area contributed by atoms with Crippen molar-refractivity contribution in [1.29, 1.82) is 0 Å². The first-order chi connectivity index (χ1) is 11.3. The zero-order chi connectivity index (χ0) is 17.2. The monoisotopic (exact) mass is 355 g/mol. The van der Waals surface area contributed by atoms with Crippen molar-refractivity contribution in [3.8, 4) is 5.88 Å². The third kappa shape index (κ3) is 2.32. The first-order valence-electron chi connectivity index (χ1n) is 8.18. The van der Waals surface area contributed by atoms with Gasteiger partial charge in [-0.05, 0) is 42.2 Å². The molecule has 4 heteroatoms. The molecule has 2 nitrogen and oxygen atoms in total. The van der Waals surface area contributed by atoms with E-state index in [1.165, 1.54) is 30.6 Å². The Hall–Kier alpha value is -1.65. The third-order valence-corrected chi connectivity index (χ3v) is 7.20. The number of nitrogens with zero attached hydrogens (tertiary/aromatic N) is 1. The molecule has 0 fully saturated rings. The largest absolute Gasteiger partial charge is 0.492 e. The molecule has 0 aliphatic rings. The summed E-state index contributed by atoms with van der Waals surface area (Å²) in [6.07, 6.45) is 2.86. The van der Waals surface area contributed by atoms with Crippen LogP contribution in [0.4, 0.5) is 0 Å². The predicted molar refractivity (Wildman–Crippen MR) is 107 cm³/mol. The molecule has 124 valence electrons. The Bertz CT molecular complexity index is 1100. The maximum Gasteiger partial charge on any atom is 0.229 e. The molecule has 0 atom stereocenters. The maximum atomic E-state index is 10.2. The summed E-state index contributed by atoms with van der Waals surface area (Å²) in [6.45, 7) is 11.2. The first kappa shape index (κ1) is 15.9. The average molecular weight is 356 g/mol.